The van der Waals surface area contributed by atoms with Crippen LogP contribution < -0.4 is 5.73 Å². The standard InChI is InChI=1S/C13H20N2.C2H6/c1-3-8-13(14)9-4-5-11-7-6-10(2)15-12(11)13;1-2/h6-7H,3-5,8-9,14H2,1-2H3;1-2H3. The van der Waals surface area contributed by atoms with E-state index in [-0.39, 0.29) is 5.54 Å². The Bertz CT molecular complexity index is 360. The zero-order chi connectivity index (χ0) is 12.9. The van der Waals surface area contributed by atoms with Crippen molar-refractivity contribution in [1.82, 2.24) is 4.98 Å². The largest absolute Gasteiger partial charge is 0.320 e. The molecule has 1 atom stereocenters. The Kier molecular flexibility index (Phi) is 5.13. The number of aryl methyl sites for hydroxylation is 2. The highest BCUT2D eigenvalue weighted by Crippen LogP contribution is 2.35. The van der Waals surface area contributed by atoms with E-state index in [1.165, 1.54) is 12.0 Å². The predicted octanol–water partition coefficient (Wildman–Crippen LogP) is 3.71. The smallest absolute Gasteiger partial charge is 0.0637 e. The van der Waals surface area contributed by atoms with Gasteiger partial charge in [-0.15, -0.1) is 0 Å². The molecule has 17 heavy (non-hydrogen) atoms. The van der Waals surface area contributed by atoms with Crippen LogP contribution in [0.5, 0.6) is 0 Å². The van der Waals surface area contributed by atoms with Crippen LogP contribution in [0.2, 0.25) is 0 Å². The summed E-state index contributed by atoms with van der Waals surface area (Å²) in [4.78, 5) is 4.66. The third kappa shape index (κ3) is 3.06. The summed E-state index contributed by atoms with van der Waals surface area (Å²) in [5, 5.41) is 0. The summed E-state index contributed by atoms with van der Waals surface area (Å²) in [6.45, 7) is 8.24. The van der Waals surface area contributed by atoms with Crippen molar-refractivity contribution in [3.8, 4) is 0 Å². The van der Waals surface area contributed by atoms with Gasteiger partial charge in [-0.25, -0.2) is 0 Å². The number of pyridine rings is 1. The molecule has 0 fully saturated rings. The van der Waals surface area contributed by atoms with Gasteiger partial charge in [0.15, 0.2) is 0 Å². The van der Waals surface area contributed by atoms with E-state index < -0.39 is 0 Å². The number of rotatable bonds is 2. The SMILES string of the molecule is CC.CCCC1(N)CCCc2ccc(C)nc21. The van der Waals surface area contributed by atoms with Gasteiger partial charge in [0, 0.05) is 5.69 Å². The molecule has 2 N–H and O–H groups in total. The molecule has 1 aliphatic carbocycles. The van der Waals surface area contributed by atoms with Gasteiger partial charge in [-0.2, -0.15) is 0 Å². The van der Waals surface area contributed by atoms with Crippen molar-refractivity contribution < 1.29 is 0 Å². The molecule has 1 heterocycles. The summed E-state index contributed by atoms with van der Waals surface area (Å²) < 4.78 is 0. The van der Waals surface area contributed by atoms with Crippen LogP contribution >= 0.6 is 0 Å². The van der Waals surface area contributed by atoms with Gasteiger partial charge in [0.25, 0.3) is 0 Å². The number of aromatic nitrogens is 1. The highest BCUT2D eigenvalue weighted by molar-refractivity contribution is 5.31. The Morgan fingerprint density at radius 1 is 1.35 bits per heavy atom. The van der Waals surface area contributed by atoms with Gasteiger partial charge >= 0.3 is 0 Å². The van der Waals surface area contributed by atoms with Crippen molar-refractivity contribution in [3.05, 3.63) is 29.1 Å². The van der Waals surface area contributed by atoms with Gasteiger partial charge in [0.1, 0.15) is 0 Å². The van der Waals surface area contributed by atoms with E-state index in [4.69, 9.17) is 5.73 Å². The third-order valence-electron chi connectivity index (χ3n) is 3.35. The number of nitrogens with two attached hydrogens (primary N) is 1. The van der Waals surface area contributed by atoms with E-state index in [2.05, 4.69) is 24.0 Å². The van der Waals surface area contributed by atoms with Crippen molar-refractivity contribution in [2.45, 2.75) is 65.3 Å². The second-order valence-electron chi connectivity index (χ2n) is 4.72. The highest BCUT2D eigenvalue weighted by atomic mass is 14.9. The van der Waals surface area contributed by atoms with Crippen LogP contribution in [0.3, 0.4) is 0 Å². The summed E-state index contributed by atoms with van der Waals surface area (Å²) in [6, 6.07) is 4.30. The quantitative estimate of drug-likeness (QED) is 0.847. The molecule has 96 valence electrons. The van der Waals surface area contributed by atoms with E-state index in [0.717, 1.165) is 37.1 Å². The first-order valence-corrected chi connectivity index (χ1v) is 6.91. The van der Waals surface area contributed by atoms with E-state index in [0.29, 0.717) is 0 Å². The lowest BCUT2D eigenvalue weighted by Crippen LogP contribution is -2.41. The summed E-state index contributed by atoms with van der Waals surface area (Å²) >= 11 is 0. The molecule has 2 rings (SSSR count). The van der Waals surface area contributed by atoms with Gasteiger partial charge in [-0.1, -0.05) is 33.3 Å². The van der Waals surface area contributed by atoms with Crippen LogP contribution in [0, 0.1) is 6.92 Å². The van der Waals surface area contributed by atoms with Crippen LogP contribution in [0.1, 0.15) is 63.4 Å². The van der Waals surface area contributed by atoms with Crippen LogP contribution in [0.4, 0.5) is 0 Å². The fourth-order valence-corrected chi connectivity index (χ4v) is 2.62. The Morgan fingerprint density at radius 3 is 2.71 bits per heavy atom. The zero-order valence-corrected chi connectivity index (χ0v) is 11.7. The molecular weight excluding hydrogens is 208 g/mol. The molecule has 0 saturated heterocycles. The molecule has 0 aromatic carbocycles. The molecule has 1 aliphatic rings. The molecule has 0 amide bonds. The van der Waals surface area contributed by atoms with Crippen LogP contribution in [-0.2, 0) is 12.0 Å². The number of nitrogens with zero attached hydrogens (tertiary/aromatic N) is 1. The van der Waals surface area contributed by atoms with Crippen molar-refractivity contribution in [2.24, 2.45) is 5.73 Å². The molecule has 0 saturated carbocycles. The second kappa shape index (κ2) is 6.15. The summed E-state index contributed by atoms with van der Waals surface area (Å²) in [6.07, 6.45) is 5.62. The molecule has 1 unspecified atom stereocenters. The van der Waals surface area contributed by atoms with Crippen molar-refractivity contribution in [2.75, 3.05) is 0 Å². The molecule has 0 spiro atoms. The Labute approximate surface area is 106 Å². The summed E-state index contributed by atoms with van der Waals surface area (Å²) in [5.41, 5.74) is 9.94. The summed E-state index contributed by atoms with van der Waals surface area (Å²) in [5.74, 6) is 0. The molecule has 0 bridgehead atoms. The first-order chi connectivity index (χ1) is 8.15. The lowest BCUT2D eigenvalue weighted by molar-refractivity contribution is 0.331. The van der Waals surface area contributed by atoms with Gasteiger partial charge < -0.3 is 5.73 Å². The Morgan fingerprint density at radius 2 is 2.06 bits per heavy atom. The Hall–Kier alpha value is -0.890. The van der Waals surface area contributed by atoms with Gasteiger partial charge in [-0.05, 0) is 44.2 Å². The monoisotopic (exact) mass is 234 g/mol. The molecule has 0 radical (unpaired) electrons. The van der Waals surface area contributed by atoms with Crippen molar-refractivity contribution in [1.29, 1.82) is 0 Å². The zero-order valence-electron chi connectivity index (χ0n) is 11.7. The number of fused-ring (bicyclic) bond motifs is 1. The molecule has 2 nitrogen and oxygen atoms in total. The number of hydrogen-bond acceptors (Lipinski definition) is 2. The minimum atomic E-state index is -0.158. The van der Waals surface area contributed by atoms with Gasteiger partial charge in [0.05, 0.1) is 11.2 Å². The third-order valence-corrected chi connectivity index (χ3v) is 3.35. The van der Waals surface area contributed by atoms with E-state index in [9.17, 15) is 0 Å². The van der Waals surface area contributed by atoms with Gasteiger partial charge in [0.2, 0.25) is 0 Å². The van der Waals surface area contributed by atoms with Gasteiger partial charge in [-0.3, -0.25) is 4.98 Å². The number of hydrogen-bond donors (Lipinski definition) is 1. The minimum absolute atomic E-state index is 0.158. The average Bonchev–Trinajstić information content (AvgIpc) is 2.33. The Balaban J connectivity index is 0.000000686. The van der Waals surface area contributed by atoms with Crippen molar-refractivity contribution >= 4 is 0 Å². The first kappa shape index (κ1) is 14.2. The fraction of sp³-hybridized carbons (Fsp3) is 0.667. The van der Waals surface area contributed by atoms with Crippen LogP contribution in [0.25, 0.3) is 0 Å². The second-order valence-corrected chi connectivity index (χ2v) is 4.72. The lowest BCUT2D eigenvalue weighted by atomic mass is 9.78. The van der Waals surface area contributed by atoms with Crippen LogP contribution in [0.15, 0.2) is 12.1 Å². The first-order valence-electron chi connectivity index (χ1n) is 6.91. The topological polar surface area (TPSA) is 38.9 Å². The normalized spacial score (nSPS) is 22.4. The minimum Gasteiger partial charge on any atom is -0.320 e. The molecular formula is C15H26N2. The fourth-order valence-electron chi connectivity index (χ4n) is 2.62. The predicted molar refractivity (Wildman–Crippen MR) is 74.0 cm³/mol. The maximum atomic E-state index is 6.49. The van der Waals surface area contributed by atoms with E-state index >= 15 is 0 Å². The molecule has 0 aliphatic heterocycles. The maximum Gasteiger partial charge on any atom is 0.0637 e. The highest BCUT2D eigenvalue weighted by Gasteiger charge is 2.33. The van der Waals surface area contributed by atoms with Crippen LogP contribution in [-0.4, -0.2) is 4.98 Å². The lowest BCUT2D eigenvalue weighted by Gasteiger charge is -2.34. The summed E-state index contributed by atoms with van der Waals surface area (Å²) in [7, 11) is 0. The maximum absolute atomic E-state index is 6.49. The molecule has 1 aromatic heterocycles. The molecule has 2 heteroatoms. The molecule has 1 aromatic rings. The average molecular weight is 234 g/mol. The van der Waals surface area contributed by atoms with E-state index in [1.54, 1.807) is 0 Å². The van der Waals surface area contributed by atoms with E-state index in [1.807, 2.05) is 20.8 Å². The van der Waals surface area contributed by atoms with Crippen molar-refractivity contribution in [3.63, 3.8) is 0 Å².